The number of hydrogen-bond acceptors (Lipinski definition) is 3. The van der Waals surface area contributed by atoms with Crippen molar-refractivity contribution in [2.45, 2.75) is 38.9 Å². The summed E-state index contributed by atoms with van der Waals surface area (Å²) in [4.78, 5) is 14.6. The van der Waals surface area contributed by atoms with Gasteiger partial charge in [-0.3, -0.25) is 4.99 Å². The van der Waals surface area contributed by atoms with Gasteiger partial charge in [-0.25, -0.2) is 4.79 Å². The maximum atomic E-state index is 11.6. The number of hydroxylamine groups is 2. The Kier molecular flexibility index (Phi) is 3.92. The molecule has 0 amide bonds. The van der Waals surface area contributed by atoms with Gasteiger partial charge in [0, 0.05) is 29.6 Å². The first-order valence-electron chi connectivity index (χ1n) is 4.00. The maximum Gasteiger partial charge on any atom is 0.351 e. The number of nitrogens with zero attached hydrogens (tertiary/aromatic N) is 2. The van der Waals surface area contributed by atoms with Crippen LogP contribution in [0.1, 0.15) is 27.7 Å². The molecule has 0 saturated heterocycles. The molecule has 0 spiro atoms. The van der Waals surface area contributed by atoms with Crippen molar-refractivity contribution >= 4 is 41.2 Å². The molecule has 1 aliphatic heterocycles. The summed E-state index contributed by atoms with van der Waals surface area (Å²) in [6, 6.07) is 0. The van der Waals surface area contributed by atoms with Crippen LogP contribution in [0.15, 0.2) is 4.99 Å². The maximum absolute atomic E-state index is 11.6. The van der Waals surface area contributed by atoms with Crippen LogP contribution in [-0.4, -0.2) is 62.6 Å². The standard InChI is InChI=1S/C8H13N2O3.Na/c1-7(2)5(6(11)12)9-8(3,4)10(7)13;/h1-4H3,(H,11,12);. The minimum Gasteiger partial charge on any atom is -0.477 e. The summed E-state index contributed by atoms with van der Waals surface area (Å²) in [6.45, 7) is 6.30. The Labute approximate surface area is 105 Å². The van der Waals surface area contributed by atoms with E-state index in [0.717, 1.165) is 0 Å². The molecule has 0 aliphatic carbocycles. The molecule has 0 atom stereocenters. The third kappa shape index (κ3) is 2.01. The van der Waals surface area contributed by atoms with Gasteiger partial charge in [0.1, 0.15) is 11.4 Å². The Balaban J connectivity index is 0.00000169. The molecule has 6 heteroatoms. The van der Waals surface area contributed by atoms with Gasteiger partial charge < -0.3 is 5.11 Å². The van der Waals surface area contributed by atoms with E-state index in [9.17, 15) is 10.0 Å². The van der Waals surface area contributed by atoms with Crippen LogP contribution in [0.5, 0.6) is 0 Å². The van der Waals surface area contributed by atoms with E-state index < -0.39 is 17.2 Å². The molecule has 0 saturated carbocycles. The average Bonchev–Trinajstić information content (AvgIpc) is 2.11. The smallest absolute Gasteiger partial charge is 0.351 e. The molecule has 0 aromatic carbocycles. The number of carbonyl (C=O) groups is 1. The third-order valence-corrected chi connectivity index (χ3v) is 2.17. The topological polar surface area (TPSA) is 72.8 Å². The fraction of sp³-hybridized carbons (Fsp3) is 0.750. The van der Waals surface area contributed by atoms with Crippen molar-refractivity contribution in [2.24, 2.45) is 4.99 Å². The van der Waals surface area contributed by atoms with E-state index in [2.05, 4.69) is 4.99 Å². The molecular weight excluding hydrogens is 195 g/mol. The Hall–Kier alpha value is 0.0600. The molecule has 0 aromatic heterocycles. The van der Waals surface area contributed by atoms with Crippen LogP contribution in [0.25, 0.3) is 0 Å². The molecule has 0 bridgehead atoms. The van der Waals surface area contributed by atoms with E-state index in [-0.39, 0.29) is 35.3 Å². The van der Waals surface area contributed by atoms with Crippen molar-refractivity contribution in [1.29, 1.82) is 0 Å². The molecule has 0 fully saturated rings. The van der Waals surface area contributed by atoms with E-state index >= 15 is 0 Å². The van der Waals surface area contributed by atoms with Crippen LogP contribution in [0.2, 0.25) is 0 Å². The Morgan fingerprint density at radius 3 is 1.93 bits per heavy atom. The number of aliphatic imine (C=N–C) groups is 1. The Morgan fingerprint density at radius 2 is 1.79 bits per heavy atom. The zero-order valence-electron chi connectivity index (χ0n) is 9.16. The summed E-state index contributed by atoms with van der Waals surface area (Å²) in [6.07, 6.45) is 0. The van der Waals surface area contributed by atoms with Crippen molar-refractivity contribution < 1.29 is 15.1 Å². The van der Waals surface area contributed by atoms with Crippen molar-refractivity contribution in [1.82, 2.24) is 5.06 Å². The van der Waals surface area contributed by atoms with Crippen LogP contribution in [0.3, 0.4) is 0 Å². The zero-order chi connectivity index (χ0) is 10.4. The van der Waals surface area contributed by atoms with Gasteiger partial charge >= 0.3 is 5.97 Å². The van der Waals surface area contributed by atoms with E-state index in [4.69, 9.17) is 5.11 Å². The van der Waals surface area contributed by atoms with Crippen LogP contribution in [0.4, 0.5) is 0 Å². The number of hydrogen-bond donors (Lipinski definition) is 1. The SMILES string of the molecule is CC1(C)N=C(C(=O)O)C(C)(C)N1[O].[Na]. The second kappa shape index (κ2) is 3.90. The second-order valence-corrected chi connectivity index (χ2v) is 4.11. The summed E-state index contributed by atoms with van der Waals surface area (Å²) in [5.41, 5.74) is -2.10. The Bertz CT molecular complexity index is 286. The fourth-order valence-electron chi connectivity index (χ4n) is 1.55. The van der Waals surface area contributed by atoms with Crippen molar-refractivity contribution in [3.63, 3.8) is 0 Å². The van der Waals surface area contributed by atoms with Gasteiger partial charge in [-0.1, -0.05) is 0 Å². The molecule has 1 heterocycles. The molecule has 1 rings (SSSR count). The fourth-order valence-corrected chi connectivity index (χ4v) is 1.55. The van der Waals surface area contributed by atoms with Gasteiger partial charge in [0.05, 0.1) is 5.54 Å². The molecule has 1 aliphatic rings. The zero-order valence-corrected chi connectivity index (χ0v) is 11.2. The van der Waals surface area contributed by atoms with E-state index in [1.165, 1.54) is 0 Å². The third-order valence-electron chi connectivity index (χ3n) is 2.17. The quantitative estimate of drug-likeness (QED) is 0.630. The Morgan fingerprint density at radius 1 is 1.36 bits per heavy atom. The monoisotopic (exact) mass is 208 g/mol. The number of carboxylic acid groups (broad SMARTS) is 1. The average molecular weight is 208 g/mol. The summed E-state index contributed by atoms with van der Waals surface area (Å²) >= 11 is 0. The van der Waals surface area contributed by atoms with Crippen LogP contribution in [-0.2, 0) is 10.0 Å². The van der Waals surface area contributed by atoms with Gasteiger partial charge in [-0.2, -0.15) is 0 Å². The number of carboxylic acids is 1. The summed E-state index contributed by atoms with van der Waals surface area (Å²) in [7, 11) is 0. The van der Waals surface area contributed by atoms with Crippen molar-refractivity contribution in [2.75, 3.05) is 0 Å². The minimum atomic E-state index is -1.13. The number of rotatable bonds is 1. The molecular formula is C8H13N2NaO3. The predicted octanol–water partition coefficient (Wildman–Crippen LogP) is 0.307. The molecule has 0 aromatic rings. The van der Waals surface area contributed by atoms with Gasteiger partial charge in [-0.15, -0.1) is 10.3 Å². The normalized spacial score (nSPS) is 23.9. The van der Waals surface area contributed by atoms with Crippen molar-refractivity contribution in [3.8, 4) is 0 Å². The van der Waals surface area contributed by atoms with Crippen molar-refractivity contribution in [3.05, 3.63) is 0 Å². The van der Waals surface area contributed by atoms with Gasteiger partial charge in [0.2, 0.25) is 0 Å². The largest absolute Gasteiger partial charge is 0.477 e. The van der Waals surface area contributed by atoms with Crippen LogP contribution < -0.4 is 0 Å². The summed E-state index contributed by atoms with van der Waals surface area (Å²) in [5.74, 6) is -1.13. The van der Waals surface area contributed by atoms with E-state index in [1.54, 1.807) is 27.7 Å². The van der Waals surface area contributed by atoms with Crippen LogP contribution in [0, 0.1) is 0 Å². The van der Waals surface area contributed by atoms with Gasteiger partial charge in [0.25, 0.3) is 0 Å². The molecule has 5 nitrogen and oxygen atoms in total. The first-order chi connectivity index (χ1) is 5.69. The predicted molar refractivity (Wildman–Crippen MR) is 51.5 cm³/mol. The molecule has 74 valence electrons. The van der Waals surface area contributed by atoms with E-state index in [1.807, 2.05) is 0 Å². The molecule has 0 unspecified atom stereocenters. The second-order valence-electron chi connectivity index (χ2n) is 4.11. The first-order valence-corrected chi connectivity index (χ1v) is 4.00. The molecule has 14 heavy (non-hydrogen) atoms. The first kappa shape index (κ1) is 14.1. The molecule has 2 radical (unpaired) electrons. The van der Waals surface area contributed by atoms with E-state index in [0.29, 0.717) is 5.06 Å². The van der Waals surface area contributed by atoms with Gasteiger partial charge in [-0.05, 0) is 27.7 Å². The summed E-state index contributed by atoms with van der Waals surface area (Å²) < 4.78 is 0. The van der Waals surface area contributed by atoms with Crippen LogP contribution >= 0.6 is 0 Å². The molecule has 1 N–H and O–H groups in total. The number of aliphatic carboxylic acids is 1. The summed E-state index contributed by atoms with van der Waals surface area (Å²) in [5, 5.41) is 21.1. The minimum absolute atomic E-state index is 0. The van der Waals surface area contributed by atoms with Gasteiger partial charge in [0.15, 0.2) is 0 Å².